The van der Waals surface area contributed by atoms with Crippen molar-refractivity contribution in [2.45, 2.75) is 31.7 Å². The highest BCUT2D eigenvalue weighted by Crippen LogP contribution is 2.21. The van der Waals surface area contributed by atoms with Gasteiger partial charge in [-0.3, -0.25) is 4.79 Å². The fourth-order valence-corrected chi connectivity index (χ4v) is 2.78. The molecule has 4 heteroatoms. The Labute approximate surface area is 127 Å². The number of nitrogens with zero attached hydrogens (tertiary/aromatic N) is 1. The summed E-state index contributed by atoms with van der Waals surface area (Å²) in [6.07, 6.45) is 8.60. The van der Waals surface area contributed by atoms with E-state index in [2.05, 4.69) is 17.3 Å². The van der Waals surface area contributed by atoms with Crippen LogP contribution in [0.25, 0.3) is 6.08 Å². The third-order valence-corrected chi connectivity index (χ3v) is 4.05. The third kappa shape index (κ3) is 5.23. The molecule has 1 saturated carbocycles. The fraction of sp³-hybridized carbons (Fsp3) is 0.471. The maximum atomic E-state index is 11.8. The third-order valence-electron chi connectivity index (χ3n) is 4.05. The molecule has 0 unspecified atom stereocenters. The summed E-state index contributed by atoms with van der Waals surface area (Å²) in [7, 11) is 2.14. The van der Waals surface area contributed by atoms with Gasteiger partial charge in [-0.05, 0) is 43.7 Å². The van der Waals surface area contributed by atoms with E-state index in [0.29, 0.717) is 18.3 Å². The van der Waals surface area contributed by atoms with Gasteiger partial charge in [0.25, 0.3) is 0 Å². The highest BCUT2D eigenvalue weighted by molar-refractivity contribution is 5.91. The van der Waals surface area contributed by atoms with Crippen LogP contribution in [0.5, 0.6) is 0 Å². The summed E-state index contributed by atoms with van der Waals surface area (Å²) in [5, 5.41) is 2.92. The number of hydrogen-bond donors (Lipinski definition) is 2. The smallest absolute Gasteiger partial charge is 0.244 e. The lowest BCUT2D eigenvalue weighted by Gasteiger charge is -2.23. The van der Waals surface area contributed by atoms with Crippen molar-refractivity contribution in [3.05, 3.63) is 35.9 Å². The Hall–Kier alpha value is -1.81. The minimum absolute atomic E-state index is 0.0581. The molecule has 1 amide bonds. The van der Waals surface area contributed by atoms with Crippen LogP contribution < -0.4 is 11.1 Å². The number of anilines is 1. The van der Waals surface area contributed by atoms with Crippen molar-refractivity contribution >= 4 is 17.7 Å². The molecule has 1 aliphatic carbocycles. The lowest BCUT2D eigenvalue weighted by atomic mass is 10.2. The van der Waals surface area contributed by atoms with Crippen LogP contribution in [0, 0.1) is 0 Å². The van der Waals surface area contributed by atoms with Gasteiger partial charge in [-0.1, -0.05) is 25.0 Å². The molecule has 1 aromatic rings. The van der Waals surface area contributed by atoms with Crippen molar-refractivity contribution < 1.29 is 4.79 Å². The summed E-state index contributed by atoms with van der Waals surface area (Å²) < 4.78 is 0. The van der Waals surface area contributed by atoms with E-state index in [-0.39, 0.29) is 5.91 Å². The molecule has 1 aromatic carbocycles. The zero-order chi connectivity index (χ0) is 15.1. The van der Waals surface area contributed by atoms with Gasteiger partial charge in [-0.15, -0.1) is 0 Å². The van der Waals surface area contributed by atoms with Gasteiger partial charge in [-0.2, -0.15) is 0 Å². The van der Waals surface area contributed by atoms with Crippen molar-refractivity contribution in [2.75, 3.05) is 25.9 Å². The van der Waals surface area contributed by atoms with Gasteiger partial charge >= 0.3 is 0 Å². The Morgan fingerprint density at radius 1 is 1.43 bits per heavy atom. The van der Waals surface area contributed by atoms with Crippen molar-refractivity contribution in [2.24, 2.45) is 0 Å². The number of nitrogen functional groups attached to an aromatic ring is 1. The molecule has 0 aromatic heterocycles. The second kappa shape index (κ2) is 7.84. The Morgan fingerprint density at radius 3 is 2.90 bits per heavy atom. The van der Waals surface area contributed by atoms with Gasteiger partial charge in [0.1, 0.15) is 0 Å². The molecule has 0 bridgehead atoms. The maximum Gasteiger partial charge on any atom is 0.244 e. The van der Waals surface area contributed by atoms with Crippen LogP contribution in [-0.4, -0.2) is 37.0 Å². The van der Waals surface area contributed by atoms with Crippen molar-refractivity contribution in [3.63, 3.8) is 0 Å². The highest BCUT2D eigenvalue weighted by atomic mass is 16.1. The first-order valence-electron chi connectivity index (χ1n) is 7.67. The predicted octanol–water partition coefficient (Wildman–Crippen LogP) is 2.27. The van der Waals surface area contributed by atoms with E-state index >= 15 is 0 Å². The first kappa shape index (κ1) is 15.6. The molecule has 1 fully saturated rings. The minimum atomic E-state index is -0.0581. The Kier molecular flexibility index (Phi) is 5.81. The second-order valence-electron chi connectivity index (χ2n) is 5.71. The number of likely N-dealkylation sites (N-methyl/N-ethyl adjacent to an activating group) is 1. The van der Waals surface area contributed by atoms with E-state index in [4.69, 9.17) is 5.73 Å². The van der Waals surface area contributed by atoms with Crippen molar-refractivity contribution in [1.82, 2.24) is 10.2 Å². The first-order chi connectivity index (χ1) is 10.1. The molecular formula is C17H25N3O. The molecule has 4 nitrogen and oxygen atoms in total. The normalized spacial score (nSPS) is 15.9. The zero-order valence-corrected chi connectivity index (χ0v) is 12.7. The average Bonchev–Trinajstić information content (AvgIpc) is 2.99. The summed E-state index contributed by atoms with van der Waals surface area (Å²) in [5.41, 5.74) is 7.34. The number of hydrogen-bond acceptors (Lipinski definition) is 3. The van der Waals surface area contributed by atoms with Gasteiger partial charge < -0.3 is 16.0 Å². The standard InChI is InChI=1S/C17H25N3O/c1-20(16-7-2-3-8-16)12-11-19-17(21)10-9-14-5-4-6-15(18)13-14/h4-6,9-10,13,16H,2-3,7-8,11-12,18H2,1H3,(H,19,21)/b10-9+. The van der Waals surface area contributed by atoms with Crippen LogP contribution in [0.1, 0.15) is 31.2 Å². The zero-order valence-electron chi connectivity index (χ0n) is 12.7. The van der Waals surface area contributed by atoms with E-state index in [1.165, 1.54) is 25.7 Å². The number of amides is 1. The minimum Gasteiger partial charge on any atom is -0.399 e. The predicted molar refractivity (Wildman–Crippen MR) is 87.8 cm³/mol. The van der Waals surface area contributed by atoms with E-state index in [0.717, 1.165) is 12.1 Å². The number of nitrogens with two attached hydrogens (primary N) is 1. The van der Waals surface area contributed by atoms with Gasteiger partial charge in [-0.25, -0.2) is 0 Å². The van der Waals surface area contributed by atoms with E-state index in [9.17, 15) is 4.79 Å². The lowest BCUT2D eigenvalue weighted by Crippen LogP contribution is -2.36. The molecule has 0 spiro atoms. The van der Waals surface area contributed by atoms with Gasteiger partial charge in [0.05, 0.1) is 0 Å². The van der Waals surface area contributed by atoms with Gasteiger partial charge in [0.15, 0.2) is 0 Å². The Bertz CT molecular complexity index is 493. The summed E-state index contributed by atoms with van der Waals surface area (Å²) >= 11 is 0. The summed E-state index contributed by atoms with van der Waals surface area (Å²) in [6, 6.07) is 8.18. The van der Waals surface area contributed by atoms with Gasteiger partial charge in [0.2, 0.25) is 5.91 Å². The van der Waals surface area contributed by atoms with E-state index in [1.54, 1.807) is 12.2 Å². The van der Waals surface area contributed by atoms with Gasteiger partial charge in [0, 0.05) is 30.9 Å². The summed E-state index contributed by atoms with van der Waals surface area (Å²) in [4.78, 5) is 14.1. The van der Waals surface area contributed by atoms with Crippen molar-refractivity contribution in [3.8, 4) is 0 Å². The first-order valence-corrected chi connectivity index (χ1v) is 7.67. The number of rotatable bonds is 6. The molecule has 0 heterocycles. The molecule has 0 radical (unpaired) electrons. The monoisotopic (exact) mass is 287 g/mol. The number of carbonyl (C=O) groups excluding carboxylic acids is 1. The molecule has 114 valence electrons. The number of benzene rings is 1. The molecule has 1 aliphatic rings. The van der Waals surface area contributed by atoms with Crippen LogP contribution in [0.3, 0.4) is 0 Å². The molecule has 3 N–H and O–H groups in total. The molecule has 2 rings (SSSR count). The topological polar surface area (TPSA) is 58.4 Å². The Balaban J connectivity index is 1.69. The summed E-state index contributed by atoms with van der Waals surface area (Å²) in [6.45, 7) is 1.59. The lowest BCUT2D eigenvalue weighted by molar-refractivity contribution is -0.116. The highest BCUT2D eigenvalue weighted by Gasteiger charge is 2.18. The van der Waals surface area contributed by atoms with Crippen LogP contribution in [0.2, 0.25) is 0 Å². The molecule has 0 aliphatic heterocycles. The van der Waals surface area contributed by atoms with Crippen LogP contribution in [0.15, 0.2) is 30.3 Å². The fourth-order valence-electron chi connectivity index (χ4n) is 2.78. The molecule has 0 saturated heterocycles. The number of carbonyl (C=O) groups is 1. The summed E-state index contributed by atoms with van der Waals surface area (Å²) in [5.74, 6) is -0.0581. The quantitative estimate of drug-likeness (QED) is 0.623. The number of nitrogens with one attached hydrogen (secondary N) is 1. The Morgan fingerprint density at radius 2 is 2.19 bits per heavy atom. The SMILES string of the molecule is CN(CCNC(=O)/C=C/c1cccc(N)c1)C1CCCC1. The molecular weight excluding hydrogens is 262 g/mol. The second-order valence-corrected chi connectivity index (χ2v) is 5.71. The van der Waals surface area contributed by atoms with Crippen LogP contribution in [0.4, 0.5) is 5.69 Å². The van der Waals surface area contributed by atoms with Crippen LogP contribution in [-0.2, 0) is 4.79 Å². The largest absolute Gasteiger partial charge is 0.399 e. The van der Waals surface area contributed by atoms with E-state index in [1.807, 2.05) is 24.3 Å². The van der Waals surface area contributed by atoms with Crippen LogP contribution >= 0.6 is 0 Å². The van der Waals surface area contributed by atoms with Crippen molar-refractivity contribution in [1.29, 1.82) is 0 Å². The maximum absolute atomic E-state index is 11.8. The average molecular weight is 287 g/mol. The molecule has 0 atom stereocenters. The molecule has 21 heavy (non-hydrogen) atoms. The van der Waals surface area contributed by atoms with E-state index < -0.39 is 0 Å².